The van der Waals surface area contributed by atoms with Crippen LogP contribution in [0.3, 0.4) is 0 Å². The van der Waals surface area contributed by atoms with Crippen LogP contribution in [0.15, 0.2) is 12.2 Å². The van der Waals surface area contributed by atoms with E-state index >= 15 is 0 Å². The second-order valence-corrected chi connectivity index (χ2v) is 5.13. The van der Waals surface area contributed by atoms with E-state index in [2.05, 4.69) is 4.72 Å². The van der Waals surface area contributed by atoms with Crippen molar-refractivity contribution in [1.29, 1.82) is 0 Å². The van der Waals surface area contributed by atoms with E-state index in [9.17, 15) is 8.42 Å². The topological polar surface area (TPSA) is 72.2 Å². The highest BCUT2D eigenvalue weighted by atomic mass is 32.2. The molecule has 13 heavy (non-hydrogen) atoms. The number of sulfonamides is 1. The number of hydrogen-bond donors (Lipinski definition) is 2. The zero-order chi connectivity index (χ0) is 9.73. The second-order valence-electron chi connectivity index (χ2n) is 3.28. The Kier molecular flexibility index (Phi) is 3.90. The number of nitrogens with two attached hydrogens (primary N) is 1. The largest absolute Gasteiger partial charge is 0.327 e. The van der Waals surface area contributed by atoms with Crippen molar-refractivity contribution in [2.75, 3.05) is 18.8 Å². The Bertz CT molecular complexity index is 268. The van der Waals surface area contributed by atoms with Gasteiger partial charge in [-0.05, 0) is 18.8 Å². The van der Waals surface area contributed by atoms with Crippen LogP contribution in [0.4, 0.5) is 0 Å². The molecule has 0 heterocycles. The lowest BCUT2D eigenvalue weighted by Crippen LogP contribution is -2.27. The van der Waals surface area contributed by atoms with Gasteiger partial charge in [0.1, 0.15) is 0 Å². The highest BCUT2D eigenvalue weighted by Gasteiger charge is 2.27. The lowest BCUT2D eigenvalue weighted by Gasteiger charge is -2.02. The monoisotopic (exact) mass is 204 g/mol. The van der Waals surface area contributed by atoms with E-state index in [1.165, 1.54) is 0 Å². The van der Waals surface area contributed by atoms with Crippen molar-refractivity contribution in [2.45, 2.75) is 12.8 Å². The molecule has 0 aromatic carbocycles. The van der Waals surface area contributed by atoms with Crippen molar-refractivity contribution < 1.29 is 8.42 Å². The highest BCUT2D eigenvalue weighted by Crippen LogP contribution is 2.29. The van der Waals surface area contributed by atoms with Crippen molar-refractivity contribution in [3.05, 3.63) is 12.2 Å². The van der Waals surface area contributed by atoms with Gasteiger partial charge >= 0.3 is 0 Å². The third-order valence-electron chi connectivity index (χ3n) is 1.88. The van der Waals surface area contributed by atoms with E-state index in [4.69, 9.17) is 5.73 Å². The van der Waals surface area contributed by atoms with Crippen LogP contribution in [-0.2, 0) is 10.0 Å². The van der Waals surface area contributed by atoms with Crippen LogP contribution >= 0.6 is 0 Å². The summed E-state index contributed by atoms with van der Waals surface area (Å²) < 4.78 is 25.0. The average molecular weight is 204 g/mol. The SMILES string of the molecule is NC/C=C/CNS(=O)(=O)CC1CC1. The molecule has 0 radical (unpaired) electrons. The summed E-state index contributed by atoms with van der Waals surface area (Å²) in [5, 5.41) is 0. The molecule has 1 aliphatic rings. The van der Waals surface area contributed by atoms with Crippen LogP contribution in [0.5, 0.6) is 0 Å². The van der Waals surface area contributed by atoms with E-state index in [-0.39, 0.29) is 5.75 Å². The molecule has 0 amide bonds. The molecule has 0 bridgehead atoms. The molecule has 1 saturated carbocycles. The fourth-order valence-electron chi connectivity index (χ4n) is 1.01. The Labute approximate surface area is 79.2 Å². The van der Waals surface area contributed by atoms with Crippen LogP contribution in [0.25, 0.3) is 0 Å². The molecule has 0 aliphatic heterocycles. The molecular weight excluding hydrogens is 188 g/mol. The summed E-state index contributed by atoms with van der Waals surface area (Å²) in [6.07, 6.45) is 5.57. The van der Waals surface area contributed by atoms with Crippen LogP contribution < -0.4 is 10.5 Å². The van der Waals surface area contributed by atoms with E-state index in [1.54, 1.807) is 12.2 Å². The Morgan fingerprint density at radius 2 is 2.08 bits per heavy atom. The summed E-state index contributed by atoms with van der Waals surface area (Å²) in [7, 11) is -3.04. The first-order valence-electron chi connectivity index (χ1n) is 4.46. The highest BCUT2D eigenvalue weighted by molar-refractivity contribution is 7.89. The van der Waals surface area contributed by atoms with Crippen LogP contribution in [0.2, 0.25) is 0 Å². The van der Waals surface area contributed by atoms with E-state index < -0.39 is 10.0 Å². The van der Waals surface area contributed by atoms with Gasteiger partial charge in [-0.3, -0.25) is 0 Å². The molecule has 0 saturated heterocycles. The molecule has 0 aromatic heterocycles. The summed E-state index contributed by atoms with van der Waals surface area (Å²) in [5.41, 5.74) is 5.21. The molecule has 0 spiro atoms. The minimum atomic E-state index is -3.04. The Morgan fingerprint density at radius 1 is 1.38 bits per heavy atom. The first kappa shape index (κ1) is 10.7. The number of hydrogen-bond acceptors (Lipinski definition) is 3. The van der Waals surface area contributed by atoms with Gasteiger partial charge in [0.05, 0.1) is 5.75 Å². The fraction of sp³-hybridized carbons (Fsp3) is 0.750. The van der Waals surface area contributed by atoms with E-state index in [0.717, 1.165) is 12.8 Å². The standard InChI is InChI=1S/C8H16N2O2S/c9-5-1-2-6-10-13(11,12)7-8-3-4-8/h1-2,8,10H,3-7,9H2/b2-1+. The molecule has 1 aliphatic carbocycles. The molecule has 1 fully saturated rings. The van der Waals surface area contributed by atoms with Gasteiger partial charge in [-0.1, -0.05) is 12.2 Å². The Balaban J connectivity index is 2.21. The van der Waals surface area contributed by atoms with Gasteiger partial charge in [0, 0.05) is 13.1 Å². The first-order chi connectivity index (χ1) is 6.14. The summed E-state index contributed by atoms with van der Waals surface area (Å²) in [6, 6.07) is 0. The van der Waals surface area contributed by atoms with E-state index in [1.807, 2.05) is 0 Å². The van der Waals surface area contributed by atoms with Crippen molar-refractivity contribution in [1.82, 2.24) is 4.72 Å². The van der Waals surface area contributed by atoms with Crippen molar-refractivity contribution >= 4 is 10.0 Å². The maximum absolute atomic E-state index is 11.3. The number of nitrogens with one attached hydrogen (secondary N) is 1. The van der Waals surface area contributed by atoms with Crippen LogP contribution in [0, 0.1) is 5.92 Å². The van der Waals surface area contributed by atoms with Gasteiger partial charge in [0.15, 0.2) is 0 Å². The summed E-state index contributed by atoms with van der Waals surface area (Å²) in [4.78, 5) is 0. The van der Waals surface area contributed by atoms with Gasteiger partial charge in [0.25, 0.3) is 0 Å². The predicted molar refractivity (Wildman–Crippen MR) is 52.7 cm³/mol. The minimum absolute atomic E-state index is 0.281. The zero-order valence-electron chi connectivity index (χ0n) is 7.57. The fourth-order valence-corrected chi connectivity index (χ4v) is 2.43. The maximum Gasteiger partial charge on any atom is 0.212 e. The number of rotatable bonds is 6. The molecule has 1 rings (SSSR count). The lowest BCUT2D eigenvalue weighted by atomic mass is 10.5. The van der Waals surface area contributed by atoms with Crippen molar-refractivity contribution in [3.63, 3.8) is 0 Å². The molecule has 0 atom stereocenters. The third-order valence-corrected chi connectivity index (χ3v) is 3.39. The Hall–Kier alpha value is -0.390. The second kappa shape index (κ2) is 4.74. The predicted octanol–water partition coefficient (Wildman–Crippen LogP) is -0.169. The van der Waals surface area contributed by atoms with Crippen molar-refractivity contribution in [3.8, 4) is 0 Å². The van der Waals surface area contributed by atoms with Crippen LogP contribution in [0.1, 0.15) is 12.8 Å². The third kappa shape index (κ3) is 5.02. The summed E-state index contributed by atoms with van der Waals surface area (Å²) in [5.74, 6) is 0.680. The molecular formula is C8H16N2O2S. The molecule has 4 nitrogen and oxygen atoms in total. The lowest BCUT2D eigenvalue weighted by molar-refractivity contribution is 0.581. The van der Waals surface area contributed by atoms with Crippen molar-refractivity contribution in [2.24, 2.45) is 11.7 Å². The maximum atomic E-state index is 11.3. The summed E-state index contributed by atoms with van der Waals surface area (Å²) in [6.45, 7) is 0.802. The average Bonchev–Trinajstić information content (AvgIpc) is 2.81. The quantitative estimate of drug-likeness (QED) is 0.590. The molecule has 0 unspecified atom stereocenters. The van der Waals surface area contributed by atoms with Crippen LogP contribution in [-0.4, -0.2) is 27.3 Å². The van der Waals surface area contributed by atoms with Gasteiger partial charge in [-0.2, -0.15) is 0 Å². The zero-order valence-corrected chi connectivity index (χ0v) is 8.39. The molecule has 3 N–H and O–H groups in total. The van der Waals surface area contributed by atoms with Gasteiger partial charge in [0.2, 0.25) is 10.0 Å². The minimum Gasteiger partial charge on any atom is -0.327 e. The normalized spacial score (nSPS) is 18.2. The Morgan fingerprint density at radius 3 is 2.62 bits per heavy atom. The smallest absolute Gasteiger partial charge is 0.212 e. The molecule has 5 heteroatoms. The first-order valence-corrected chi connectivity index (χ1v) is 6.11. The van der Waals surface area contributed by atoms with Gasteiger partial charge in [-0.15, -0.1) is 0 Å². The van der Waals surface area contributed by atoms with Gasteiger partial charge < -0.3 is 5.73 Å². The van der Waals surface area contributed by atoms with Gasteiger partial charge in [-0.25, -0.2) is 13.1 Å². The van der Waals surface area contributed by atoms with E-state index in [0.29, 0.717) is 19.0 Å². The summed E-state index contributed by atoms with van der Waals surface area (Å²) >= 11 is 0. The molecule has 0 aromatic rings. The molecule has 76 valence electrons.